The second-order valence-corrected chi connectivity index (χ2v) is 5.19. The number of piperazine rings is 1. The monoisotopic (exact) mass is 225 g/mol. The molecule has 0 aromatic carbocycles. The van der Waals surface area contributed by atoms with Gasteiger partial charge in [0.2, 0.25) is 5.91 Å². The minimum atomic E-state index is 0.222. The number of nitrogens with zero attached hydrogens (tertiary/aromatic N) is 2. The zero-order valence-corrected chi connectivity index (χ0v) is 10.4. The van der Waals surface area contributed by atoms with Gasteiger partial charge in [-0.2, -0.15) is 0 Å². The summed E-state index contributed by atoms with van der Waals surface area (Å²) in [6, 6.07) is 0.369. The second kappa shape index (κ2) is 5.15. The van der Waals surface area contributed by atoms with Gasteiger partial charge in [0.25, 0.3) is 0 Å². The molecule has 2 saturated heterocycles. The predicted octanol–water partition coefficient (Wildman–Crippen LogP) is 0.149. The van der Waals surface area contributed by atoms with E-state index in [2.05, 4.69) is 29.1 Å². The number of carbonyl (C=O) groups excluding carboxylic acids is 1. The van der Waals surface area contributed by atoms with Crippen molar-refractivity contribution in [2.75, 3.05) is 39.8 Å². The molecule has 16 heavy (non-hydrogen) atoms. The summed E-state index contributed by atoms with van der Waals surface area (Å²) in [6.45, 7) is 7.01. The Balaban J connectivity index is 1.92. The zero-order valence-electron chi connectivity index (χ0n) is 10.4. The van der Waals surface area contributed by atoms with Crippen LogP contribution in [0.15, 0.2) is 0 Å². The van der Waals surface area contributed by atoms with Crippen molar-refractivity contribution >= 4 is 5.91 Å². The first-order valence-corrected chi connectivity index (χ1v) is 6.38. The fourth-order valence-corrected chi connectivity index (χ4v) is 2.76. The van der Waals surface area contributed by atoms with Gasteiger partial charge in [-0.05, 0) is 33.4 Å². The van der Waals surface area contributed by atoms with E-state index in [9.17, 15) is 4.79 Å². The van der Waals surface area contributed by atoms with Crippen molar-refractivity contribution in [1.29, 1.82) is 0 Å². The first kappa shape index (κ1) is 11.9. The van der Waals surface area contributed by atoms with Gasteiger partial charge < -0.3 is 15.1 Å². The van der Waals surface area contributed by atoms with Crippen LogP contribution in [0.4, 0.5) is 0 Å². The van der Waals surface area contributed by atoms with Crippen LogP contribution >= 0.6 is 0 Å². The van der Waals surface area contributed by atoms with Gasteiger partial charge in [-0.3, -0.25) is 4.79 Å². The van der Waals surface area contributed by atoms with E-state index >= 15 is 0 Å². The summed E-state index contributed by atoms with van der Waals surface area (Å²) in [6.07, 6.45) is 2.20. The highest BCUT2D eigenvalue weighted by molar-refractivity contribution is 5.79. The maximum Gasteiger partial charge on any atom is 0.227 e. The Bertz CT molecular complexity index is 251. The number of piperidine rings is 1. The molecular weight excluding hydrogens is 202 g/mol. The highest BCUT2D eigenvalue weighted by Crippen LogP contribution is 2.17. The third-order valence-corrected chi connectivity index (χ3v) is 3.76. The predicted molar refractivity (Wildman–Crippen MR) is 64.3 cm³/mol. The van der Waals surface area contributed by atoms with Gasteiger partial charge in [0.1, 0.15) is 0 Å². The van der Waals surface area contributed by atoms with Crippen molar-refractivity contribution in [1.82, 2.24) is 15.1 Å². The summed E-state index contributed by atoms with van der Waals surface area (Å²) in [5, 5.41) is 3.32. The van der Waals surface area contributed by atoms with Crippen LogP contribution in [-0.4, -0.2) is 61.5 Å². The lowest BCUT2D eigenvalue weighted by molar-refractivity contribution is -0.140. The molecular formula is C12H23N3O. The number of hydrogen-bond acceptors (Lipinski definition) is 3. The van der Waals surface area contributed by atoms with Gasteiger partial charge in [0, 0.05) is 32.2 Å². The molecule has 0 aromatic heterocycles. The van der Waals surface area contributed by atoms with Gasteiger partial charge in [0.15, 0.2) is 0 Å². The van der Waals surface area contributed by atoms with Crippen LogP contribution in [0.3, 0.4) is 0 Å². The number of likely N-dealkylation sites (N-methyl/N-ethyl adjacent to an activating group) is 1. The number of nitrogens with one attached hydrogen (secondary N) is 1. The van der Waals surface area contributed by atoms with Gasteiger partial charge in [0.05, 0.1) is 5.92 Å². The quantitative estimate of drug-likeness (QED) is 0.690. The van der Waals surface area contributed by atoms with E-state index in [4.69, 9.17) is 0 Å². The number of rotatable bonds is 1. The van der Waals surface area contributed by atoms with Crippen LogP contribution < -0.4 is 5.32 Å². The third kappa shape index (κ3) is 2.55. The molecule has 2 fully saturated rings. The molecule has 1 unspecified atom stereocenters. The lowest BCUT2D eigenvalue weighted by Gasteiger charge is -2.40. The lowest BCUT2D eigenvalue weighted by Crippen LogP contribution is -2.55. The molecule has 0 bridgehead atoms. The molecule has 0 aromatic rings. The smallest absolute Gasteiger partial charge is 0.227 e. The van der Waals surface area contributed by atoms with E-state index in [1.165, 1.54) is 0 Å². The van der Waals surface area contributed by atoms with Crippen LogP contribution in [-0.2, 0) is 4.79 Å². The summed E-state index contributed by atoms with van der Waals surface area (Å²) >= 11 is 0. The van der Waals surface area contributed by atoms with Crippen LogP contribution in [0.2, 0.25) is 0 Å². The zero-order chi connectivity index (χ0) is 11.5. The van der Waals surface area contributed by atoms with Crippen molar-refractivity contribution in [3.8, 4) is 0 Å². The minimum absolute atomic E-state index is 0.222. The standard InChI is InChI=1S/C12H23N3O/c1-10-9-14(2)6-7-15(10)12(16)11-4-3-5-13-8-11/h10-11,13H,3-9H2,1-2H3/t10?,11-/m1/s1. The van der Waals surface area contributed by atoms with Crippen LogP contribution in [0.25, 0.3) is 0 Å². The summed E-state index contributed by atoms with van der Waals surface area (Å²) in [5.74, 6) is 0.590. The van der Waals surface area contributed by atoms with Crippen LogP contribution in [0, 0.1) is 5.92 Å². The normalized spacial score (nSPS) is 32.8. The van der Waals surface area contributed by atoms with E-state index in [0.717, 1.165) is 45.6 Å². The molecule has 0 radical (unpaired) electrons. The average molecular weight is 225 g/mol. The lowest BCUT2D eigenvalue weighted by atomic mass is 9.97. The highest BCUT2D eigenvalue weighted by atomic mass is 16.2. The SMILES string of the molecule is CC1CN(C)CCN1C(=O)[C@@H]1CCCNC1. The Morgan fingerprint density at radius 2 is 2.19 bits per heavy atom. The van der Waals surface area contributed by atoms with Gasteiger partial charge in [-0.25, -0.2) is 0 Å². The van der Waals surface area contributed by atoms with Crippen molar-refractivity contribution < 1.29 is 4.79 Å². The molecule has 1 amide bonds. The van der Waals surface area contributed by atoms with Crippen molar-refractivity contribution in [2.45, 2.75) is 25.8 Å². The Kier molecular flexibility index (Phi) is 3.82. The molecule has 2 rings (SSSR count). The fourth-order valence-electron chi connectivity index (χ4n) is 2.76. The topological polar surface area (TPSA) is 35.6 Å². The summed E-state index contributed by atoms with van der Waals surface area (Å²) in [7, 11) is 2.13. The molecule has 92 valence electrons. The van der Waals surface area contributed by atoms with E-state index < -0.39 is 0 Å². The summed E-state index contributed by atoms with van der Waals surface area (Å²) in [4.78, 5) is 16.7. The molecule has 0 saturated carbocycles. The number of amides is 1. The average Bonchev–Trinajstić information content (AvgIpc) is 2.29. The van der Waals surface area contributed by atoms with Gasteiger partial charge in [-0.15, -0.1) is 0 Å². The van der Waals surface area contributed by atoms with Gasteiger partial charge in [-0.1, -0.05) is 0 Å². The molecule has 1 N–H and O–H groups in total. The Labute approximate surface area is 98.0 Å². The largest absolute Gasteiger partial charge is 0.337 e. The minimum Gasteiger partial charge on any atom is -0.337 e. The third-order valence-electron chi connectivity index (χ3n) is 3.76. The van der Waals surface area contributed by atoms with Crippen molar-refractivity contribution in [3.63, 3.8) is 0 Å². The van der Waals surface area contributed by atoms with Gasteiger partial charge >= 0.3 is 0 Å². The molecule has 2 aliphatic heterocycles. The first-order valence-electron chi connectivity index (χ1n) is 6.38. The maximum absolute atomic E-state index is 12.3. The molecule has 2 atom stereocenters. The molecule has 0 aliphatic carbocycles. The fraction of sp³-hybridized carbons (Fsp3) is 0.917. The molecule has 0 spiro atoms. The number of hydrogen-bond donors (Lipinski definition) is 1. The Hall–Kier alpha value is -0.610. The molecule has 2 heterocycles. The van der Waals surface area contributed by atoms with E-state index in [1.807, 2.05) is 0 Å². The molecule has 4 nitrogen and oxygen atoms in total. The first-order chi connectivity index (χ1) is 7.68. The highest BCUT2D eigenvalue weighted by Gasteiger charge is 2.31. The summed E-state index contributed by atoms with van der Waals surface area (Å²) < 4.78 is 0. The van der Waals surface area contributed by atoms with Crippen molar-refractivity contribution in [3.05, 3.63) is 0 Å². The Morgan fingerprint density at radius 1 is 1.38 bits per heavy atom. The molecule has 4 heteroatoms. The maximum atomic E-state index is 12.3. The molecule has 2 aliphatic rings. The van der Waals surface area contributed by atoms with Crippen LogP contribution in [0.5, 0.6) is 0 Å². The number of carbonyl (C=O) groups is 1. The van der Waals surface area contributed by atoms with E-state index in [1.54, 1.807) is 0 Å². The van der Waals surface area contributed by atoms with E-state index in [-0.39, 0.29) is 5.92 Å². The second-order valence-electron chi connectivity index (χ2n) is 5.19. The van der Waals surface area contributed by atoms with E-state index in [0.29, 0.717) is 11.9 Å². The van der Waals surface area contributed by atoms with Crippen molar-refractivity contribution in [2.24, 2.45) is 5.92 Å². The summed E-state index contributed by atoms with van der Waals surface area (Å²) in [5.41, 5.74) is 0. The Morgan fingerprint density at radius 3 is 2.81 bits per heavy atom. The van der Waals surface area contributed by atoms with Crippen LogP contribution in [0.1, 0.15) is 19.8 Å².